The number of esters is 1. The maximum atomic E-state index is 12.9. The first-order valence-corrected chi connectivity index (χ1v) is 10.9. The van der Waals surface area contributed by atoms with Gasteiger partial charge in [0.15, 0.2) is 6.10 Å². The number of amides is 1. The second-order valence-electron chi connectivity index (χ2n) is 7.93. The molecule has 1 atom stereocenters. The summed E-state index contributed by atoms with van der Waals surface area (Å²) >= 11 is 0. The number of benzene rings is 2. The van der Waals surface area contributed by atoms with Crippen molar-refractivity contribution in [2.24, 2.45) is 0 Å². The molecule has 10 heteroatoms. The summed E-state index contributed by atoms with van der Waals surface area (Å²) in [6.45, 7) is 4.32. The molecule has 3 aromatic rings. The molecule has 1 amide bonds. The first kappa shape index (κ1) is 24.3. The van der Waals surface area contributed by atoms with Gasteiger partial charge in [0.1, 0.15) is 5.76 Å². The van der Waals surface area contributed by atoms with Gasteiger partial charge in [-0.1, -0.05) is 12.1 Å². The minimum Gasteiger partial charge on any atom is -0.449 e. The maximum Gasteiger partial charge on any atom is 0.416 e. The number of ether oxygens (including phenoxy) is 2. The van der Waals surface area contributed by atoms with Crippen LogP contribution in [0.4, 0.5) is 24.5 Å². The van der Waals surface area contributed by atoms with Crippen molar-refractivity contribution < 1.29 is 36.7 Å². The Hall–Kier alpha value is -3.79. The number of morpholine rings is 1. The zero-order valence-electron chi connectivity index (χ0n) is 18.8. The number of alkyl halides is 3. The molecule has 1 fully saturated rings. The molecular formula is C25H23F3N2O5. The fourth-order valence-corrected chi connectivity index (χ4v) is 3.54. The number of hydrogen-bond donors (Lipinski definition) is 1. The summed E-state index contributed by atoms with van der Waals surface area (Å²) in [5.41, 5.74) is 0.879. The first-order valence-electron chi connectivity index (χ1n) is 10.9. The smallest absolute Gasteiger partial charge is 0.416 e. The Bertz CT molecular complexity index is 1180. The van der Waals surface area contributed by atoms with E-state index in [1.807, 2.05) is 12.1 Å². The molecule has 0 bridgehead atoms. The van der Waals surface area contributed by atoms with Crippen LogP contribution in [0.1, 0.15) is 23.0 Å². The number of hydrogen-bond acceptors (Lipinski definition) is 6. The SMILES string of the molecule is C[C@H](OC(=O)c1ccc(-c2cccc(C(F)(F)F)c2)o1)C(=O)Nc1ccc(N2CCOCC2)cc1. The molecule has 0 aliphatic carbocycles. The lowest BCUT2D eigenvalue weighted by Crippen LogP contribution is -2.36. The van der Waals surface area contributed by atoms with E-state index in [1.165, 1.54) is 31.2 Å². The largest absolute Gasteiger partial charge is 0.449 e. The van der Waals surface area contributed by atoms with Crippen LogP contribution in [-0.4, -0.2) is 44.3 Å². The van der Waals surface area contributed by atoms with Gasteiger partial charge in [-0.3, -0.25) is 4.79 Å². The van der Waals surface area contributed by atoms with Crippen molar-refractivity contribution in [1.29, 1.82) is 0 Å². The zero-order chi connectivity index (χ0) is 25.0. The molecule has 0 unspecified atom stereocenters. The Morgan fingerprint density at radius 3 is 2.43 bits per heavy atom. The van der Waals surface area contributed by atoms with Crippen molar-refractivity contribution in [2.45, 2.75) is 19.2 Å². The van der Waals surface area contributed by atoms with Crippen LogP contribution in [0.5, 0.6) is 0 Å². The van der Waals surface area contributed by atoms with Crippen molar-refractivity contribution in [2.75, 3.05) is 36.5 Å². The molecule has 0 radical (unpaired) electrons. The van der Waals surface area contributed by atoms with E-state index < -0.39 is 29.7 Å². The van der Waals surface area contributed by atoms with E-state index in [4.69, 9.17) is 13.9 Å². The van der Waals surface area contributed by atoms with Gasteiger partial charge in [0.25, 0.3) is 5.91 Å². The second kappa shape index (κ2) is 10.2. The van der Waals surface area contributed by atoms with Gasteiger partial charge in [-0.15, -0.1) is 0 Å². The molecule has 1 N–H and O–H groups in total. The number of halogens is 3. The molecule has 184 valence electrons. The van der Waals surface area contributed by atoms with Gasteiger partial charge in [0, 0.05) is 30.0 Å². The Morgan fingerprint density at radius 1 is 1.03 bits per heavy atom. The molecular weight excluding hydrogens is 465 g/mol. The van der Waals surface area contributed by atoms with Gasteiger partial charge in [-0.2, -0.15) is 13.2 Å². The third kappa shape index (κ3) is 6.02. The lowest BCUT2D eigenvalue weighted by Gasteiger charge is -2.28. The van der Waals surface area contributed by atoms with Crippen LogP contribution in [0.15, 0.2) is 65.1 Å². The van der Waals surface area contributed by atoms with E-state index in [1.54, 1.807) is 12.1 Å². The van der Waals surface area contributed by atoms with E-state index in [0.29, 0.717) is 18.9 Å². The summed E-state index contributed by atoms with van der Waals surface area (Å²) in [6.07, 6.45) is -5.64. The van der Waals surface area contributed by atoms with Crippen LogP contribution in [0.25, 0.3) is 11.3 Å². The van der Waals surface area contributed by atoms with Gasteiger partial charge < -0.3 is 24.1 Å². The Kier molecular flexibility index (Phi) is 7.11. The summed E-state index contributed by atoms with van der Waals surface area (Å²) in [7, 11) is 0. The Balaban J connectivity index is 1.34. The van der Waals surface area contributed by atoms with Gasteiger partial charge >= 0.3 is 12.1 Å². The predicted octanol–water partition coefficient (Wildman–Crippen LogP) is 4.99. The van der Waals surface area contributed by atoms with E-state index in [-0.39, 0.29) is 17.1 Å². The van der Waals surface area contributed by atoms with Crippen LogP contribution < -0.4 is 10.2 Å². The molecule has 0 spiro atoms. The van der Waals surface area contributed by atoms with Gasteiger partial charge in [0.05, 0.1) is 18.8 Å². The molecule has 7 nitrogen and oxygen atoms in total. The average Bonchev–Trinajstić information content (AvgIpc) is 3.35. The van der Waals surface area contributed by atoms with Crippen molar-refractivity contribution >= 4 is 23.3 Å². The molecule has 4 rings (SSSR count). The highest BCUT2D eigenvalue weighted by Gasteiger charge is 2.31. The summed E-state index contributed by atoms with van der Waals surface area (Å²) in [5.74, 6) is -1.61. The quantitative estimate of drug-likeness (QED) is 0.493. The number of carbonyl (C=O) groups is 2. The number of nitrogens with one attached hydrogen (secondary N) is 1. The third-order valence-corrected chi connectivity index (χ3v) is 5.45. The summed E-state index contributed by atoms with van der Waals surface area (Å²) in [4.78, 5) is 27.1. The number of furan rings is 1. The molecule has 35 heavy (non-hydrogen) atoms. The van der Waals surface area contributed by atoms with E-state index in [2.05, 4.69) is 10.2 Å². The molecule has 2 heterocycles. The lowest BCUT2D eigenvalue weighted by atomic mass is 10.1. The number of anilines is 2. The predicted molar refractivity (Wildman–Crippen MR) is 122 cm³/mol. The highest BCUT2D eigenvalue weighted by atomic mass is 19.4. The maximum absolute atomic E-state index is 12.9. The van der Waals surface area contributed by atoms with Gasteiger partial charge in [-0.05, 0) is 55.5 Å². The Morgan fingerprint density at radius 2 is 1.74 bits per heavy atom. The highest BCUT2D eigenvalue weighted by molar-refractivity contribution is 5.96. The number of rotatable bonds is 6. The Labute approximate surface area is 199 Å². The molecule has 0 saturated carbocycles. The average molecular weight is 488 g/mol. The normalized spacial score (nSPS) is 14.9. The monoisotopic (exact) mass is 488 g/mol. The summed E-state index contributed by atoms with van der Waals surface area (Å²) in [6, 6.07) is 14.5. The number of nitrogens with zero attached hydrogens (tertiary/aromatic N) is 1. The summed E-state index contributed by atoms with van der Waals surface area (Å²) < 4.78 is 54.7. The fourth-order valence-electron chi connectivity index (χ4n) is 3.54. The molecule has 1 aliphatic heterocycles. The second-order valence-corrected chi connectivity index (χ2v) is 7.93. The molecule has 1 aliphatic rings. The third-order valence-electron chi connectivity index (χ3n) is 5.45. The minimum absolute atomic E-state index is 0.0699. The molecule has 2 aromatic carbocycles. The summed E-state index contributed by atoms with van der Waals surface area (Å²) in [5, 5.41) is 2.68. The minimum atomic E-state index is -4.50. The van der Waals surface area contributed by atoms with Crippen molar-refractivity contribution in [3.63, 3.8) is 0 Å². The van der Waals surface area contributed by atoms with Crippen LogP contribution in [0.3, 0.4) is 0 Å². The standard InChI is InChI=1S/C25H23F3N2O5/c1-16(23(31)29-19-5-7-20(8-6-19)30-11-13-33-14-12-30)34-24(32)22-10-9-21(35-22)17-3-2-4-18(15-17)25(26,27)28/h2-10,15-16H,11-14H2,1H3,(H,29,31)/t16-/m0/s1. The topological polar surface area (TPSA) is 81.0 Å². The van der Waals surface area contributed by atoms with E-state index >= 15 is 0 Å². The van der Waals surface area contributed by atoms with Crippen molar-refractivity contribution in [1.82, 2.24) is 0 Å². The van der Waals surface area contributed by atoms with E-state index in [0.717, 1.165) is 30.9 Å². The van der Waals surface area contributed by atoms with Crippen LogP contribution in [-0.2, 0) is 20.4 Å². The van der Waals surface area contributed by atoms with Gasteiger partial charge in [0.2, 0.25) is 5.76 Å². The zero-order valence-corrected chi connectivity index (χ0v) is 18.8. The molecule has 1 saturated heterocycles. The van der Waals surface area contributed by atoms with Gasteiger partial charge in [-0.25, -0.2) is 4.79 Å². The van der Waals surface area contributed by atoms with E-state index in [9.17, 15) is 22.8 Å². The first-order chi connectivity index (χ1) is 16.7. The molecule has 1 aromatic heterocycles. The van der Waals surface area contributed by atoms with Crippen LogP contribution in [0, 0.1) is 0 Å². The van der Waals surface area contributed by atoms with Crippen molar-refractivity contribution in [3.8, 4) is 11.3 Å². The van der Waals surface area contributed by atoms with Crippen LogP contribution in [0.2, 0.25) is 0 Å². The lowest BCUT2D eigenvalue weighted by molar-refractivity contribution is -0.137. The number of carbonyl (C=O) groups excluding carboxylic acids is 2. The highest BCUT2D eigenvalue weighted by Crippen LogP contribution is 2.32. The van der Waals surface area contributed by atoms with Crippen LogP contribution >= 0.6 is 0 Å². The van der Waals surface area contributed by atoms with Crippen molar-refractivity contribution in [3.05, 3.63) is 72.0 Å². The fraction of sp³-hybridized carbons (Fsp3) is 0.280.